The number of nitrogen functional groups attached to an aromatic ring is 1. The third kappa shape index (κ3) is 4.65. The van der Waals surface area contributed by atoms with E-state index in [0.29, 0.717) is 5.56 Å². The number of nitrogens with two attached hydrogens (primary N) is 1. The average molecular weight is 452 g/mol. The van der Waals surface area contributed by atoms with Crippen molar-refractivity contribution in [2.24, 2.45) is 0 Å². The summed E-state index contributed by atoms with van der Waals surface area (Å²) in [6.07, 6.45) is 0. The Morgan fingerprint density at radius 1 is 1.22 bits per heavy atom. The van der Waals surface area contributed by atoms with E-state index in [1.165, 1.54) is 17.7 Å². The van der Waals surface area contributed by atoms with Crippen molar-refractivity contribution >= 4 is 29.2 Å². The summed E-state index contributed by atoms with van der Waals surface area (Å²) >= 11 is 0.962. The monoisotopic (exact) mass is 452 g/mol. The third-order valence-electron chi connectivity index (χ3n) is 4.76. The highest BCUT2D eigenvalue weighted by Gasteiger charge is 2.22. The van der Waals surface area contributed by atoms with Crippen LogP contribution in [0.25, 0.3) is 0 Å². The molecule has 0 aliphatic rings. The molecule has 10 nitrogen and oxygen atoms in total. The first kappa shape index (κ1) is 22.6. The van der Waals surface area contributed by atoms with Crippen LogP contribution in [0.2, 0.25) is 0 Å². The molecule has 2 heterocycles. The number of carbonyl (C=O) groups is 1. The fourth-order valence-corrected chi connectivity index (χ4v) is 4.07. The van der Waals surface area contributed by atoms with Gasteiger partial charge < -0.3 is 15.6 Å². The molecule has 0 radical (unpaired) electrons. The predicted octanol–water partition coefficient (Wildman–Crippen LogP) is 0.791. The number of benzene rings is 1. The van der Waals surface area contributed by atoms with E-state index in [1.54, 1.807) is 31.2 Å². The van der Waals surface area contributed by atoms with E-state index in [9.17, 15) is 24.4 Å². The molecule has 164 valence electrons. The number of hydrogen-bond acceptors (Lipinski definition) is 7. The van der Waals surface area contributed by atoms with Gasteiger partial charge in [-0.3, -0.25) is 23.9 Å². The molecule has 0 aliphatic carbocycles. The van der Waals surface area contributed by atoms with E-state index in [-0.39, 0.29) is 34.4 Å². The van der Waals surface area contributed by atoms with Crippen molar-refractivity contribution in [1.29, 1.82) is 5.26 Å². The Morgan fingerprint density at radius 3 is 2.56 bits per heavy atom. The maximum Gasteiger partial charge on any atom is 0.330 e. The van der Waals surface area contributed by atoms with Crippen molar-refractivity contribution in [3.05, 3.63) is 84.3 Å². The Hall–Kier alpha value is -4.04. The van der Waals surface area contributed by atoms with Crippen LogP contribution >= 0.6 is 11.8 Å². The number of carbonyl (C=O) groups excluding carboxylic acids is 1. The van der Waals surface area contributed by atoms with Gasteiger partial charge in [0.2, 0.25) is 11.5 Å². The van der Waals surface area contributed by atoms with Crippen LogP contribution in [0.4, 0.5) is 11.5 Å². The molecule has 11 heteroatoms. The number of aromatic nitrogens is 3. The summed E-state index contributed by atoms with van der Waals surface area (Å²) in [5, 5.41) is 9.58. The first-order valence-electron chi connectivity index (χ1n) is 9.42. The topological polar surface area (TPSA) is 158 Å². The van der Waals surface area contributed by atoms with Gasteiger partial charge in [0.15, 0.2) is 5.69 Å². The lowest BCUT2D eigenvalue weighted by molar-refractivity contribution is -0.115. The van der Waals surface area contributed by atoms with Gasteiger partial charge in [0.05, 0.1) is 22.9 Å². The van der Waals surface area contributed by atoms with Gasteiger partial charge in [-0.2, -0.15) is 5.26 Å². The molecule has 0 saturated heterocycles. The summed E-state index contributed by atoms with van der Waals surface area (Å²) in [4.78, 5) is 55.0. The number of nitrogens with zero attached hydrogens (tertiary/aromatic N) is 3. The molecular formula is C21H20N6O4S. The van der Waals surface area contributed by atoms with Crippen LogP contribution < -0.4 is 27.4 Å². The van der Waals surface area contributed by atoms with Crippen molar-refractivity contribution in [1.82, 2.24) is 14.5 Å². The zero-order valence-corrected chi connectivity index (χ0v) is 18.2. The molecule has 3 rings (SSSR count). The Labute approximate surface area is 186 Å². The molecule has 4 N–H and O–H groups in total. The lowest BCUT2D eigenvalue weighted by Crippen LogP contribution is -2.40. The Kier molecular flexibility index (Phi) is 6.65. The number of rotatable bonds is 6. The number of H-pyrrole nitrogens is 2. The van der Waals surface area contributed by atoms with Crippen molar-refractivity contribution in [2.75, 3.05) is 23.4 Å². The molecule has 1 amide bonds. The first-order valence-corrected chi connectivity index (χ1v) is 10.4. The van der Waals surface area contributed by atoms with Crippen LogP contribution in [0.5, 0.6) is 0 Å². The standard InChI is InChI=1S/C21H20N6O4S/c1-12-8-15(28)24-20(14(12)9-22)32-11-16(29)26(2)17-18(23)27(21(31)25-19(17)30)10-13-6-4-3-5-7-13/h3-8H,10-11,23H2,1-2H3,(H,24,28)(H,25,30,31). The zero-order chi connectivity index (χ0) is 23.4. The van der Waals surface area contributed by atoms with E-state index in [1.807, 2.05) is 12.1 Å². The number of hydrogen-bond donors (Lipinski definition) is 3. The normalized spacial score (nSPS) is 10.5. The number of anilines is 2. The molecule has 0 atom stereocenters. The van der Waals surface area contributed by atoms with Gasteiger partial charge in [0, 0.05) is 13.1 Å². The molecule has 0 saturated carbocycles. The Morgan fingerprint density at radius 2 is 1.91 bits per heavy atom. The number of aromatic amines is 2. The summed E-state index contributed by atoms with van der Waals surface area (Å²) in [6.45, 7) is 1.74. The molecule has 2 aromatic heterocycles. The van der Waals surface area contributed by atoms with E-state index in [4.69, 9.17) is 5.73 Å². The van der Waals surface area contributed by atoms with Crippen LogP contribution in [-0.2, 0) is 11.3 Å². The summed E-state index contributed by atoms with van der Waals surface area (Å²) in [5.74, 6) is -0.838. The van der Waals surface area contributed by atoms with Crippen LogP contribution in [0, 0.1) is 18.3 Å². The van der Waals surface area contributed by atoms with E-state index in [0.717, 1.165) is 22.2 Å². The van der Waals surface area contributed by atoms with Crippen molar-refractivity contribution in [3.8, 4) is 6.07 Å². The van der Waals surface area contributed by atoms with Crippen LogP contribution in [0.1, 0.15) is 16.7 Å². The lowest BCUT2D eigenvalue weighted by Gasteiger charge is -2.20. The maximum absolute atomic E-state index is 12.8. The second-order valence-corrected chi connectivity index (χ2v) is 7.92. The molecule has 1 aromatic carbocycles. The summed E-state index contributed by atoms with van der Waals surface area (Å²) in [6, 6.07) is 12.4. The SMILES string of the molecule is Cc1cc(=O)[nH]c(SCC(=O)N(C)c2c(N)n(Cc3ccccc3)c(=O)[nH]c2=O)c1C#N. The fraction of sp³-hybridized carbons (Fsp3) is 0.190. The van der Waals surface area contributed by atoms with Gasteiger partial charge >= 0.3 is 5.69 Å². The van der Waals surface area contributed by atoms with Crippen molar-refractivity contribution < 1.29 is 4.79 Å². The second kappa shape index (κ2) is 9.40. The average Bonchev–Trinajstić information content (AvgIpc) is 2.75. The van der Waals surface area contributed by atoms with Gasteiger partial charge in [0.1, 0.15) is 11.9 Å². The summed E-state index contributed by atoms with van der Waals surface area (Å²) < 4.78 is 1.18. The third-order valence-corrected chi connectivity index (χ3v) is 5.75. The number of pyridine rings is 1. The predicted molar refractivity (Wildman–Crippen MR) is 122 cm³/mol. The largest absolute Gasteiger partial charge is 0.383 e. The molecule has 0 spiro atoms. The van der Waals surface area contributed by atoms with Crippen molar-refractivity contribution in [3.63, 3.8) is 0 Å². The Balaban J connectivity index is 1.88. The smallest absolute Gasteiger partial charge is 0.330 e. The lowest BCUT2D eigenvalue weighted by atomic mass is 10.2. The Bertz CT molecular complexity index is 1380. The minimum absolute atomic E-state index is 0.113. The minimum Gasteiger partial charge on any atom is -0.383 e. The van der Waals surface area contributed by atoms with Gasteiger partial charge in [0.25, 0.3) is 5.56 Å². The second-order valence-electron chi connectivity index (χ2n) is 6.94. The van der Waals surface area contributed by atoms with Gasteiger partial charge in [-0.05, 0) is 18.1 Å². The number of aryl methyl sites for hydroxylation is 1. The van der Waals surface area contributed by atoms with Crippen LogP contribution in [0.15, 0.2) is 55.8 Å². The van der Waals surface area contributed by atoms with Crippen molar-refractivity contribution in [2.45, 2.75) is 18.5 Å². The molecule has 0 aliphatic heterocycles. The molecule has 0 bridgehead atoms. The quantitative estimate of drug-likeness (QED) is 0.466. The highest BCUT2D eigenvalue weighted by atomic mass is 32.2. The first-order chi connectivity index (χ1) is 15.2. The molecular weight excluding hydrogens is 432 g/mol. The number of nitriles is 1. The van der Waals surface area contributed by atoms with Gasteiger partial charge in [-0.25, -0.2) is 4.79 Å². The van der Waals surface area contributed by atoms with E-state index >= 15 is 0 Å². The zero-order valence-electron chi connectivity index (χ0n) is 17.3. The summed E-state index contributed by atoms with van der Waals surface area (Å²) in [5.41, 5.74) is 5.63. The highest BCUT2D eigenvalue weighted by Crippen LogP contribution is 2.23. The molecule has 0 fully saturated rings. The van der Waals surface area contributed by atoms with E-state index < -0.39 is 22.7 Å². The van der Waals surface area contributed by atoms with E-state index in [2.05, 4.69) is 9.97 Å². The fourth-order valence-electron chi connectivity index (χ4n) is 3.09. The molecule has 32 heavy (non-hydrogen) atoms. The minimum atomic E-state index is -0.792. The summed E-state index contributed by atoms with van der Waals surface area (Å²) in [7, 11) is 1.37. The maximum atomic E-state index is 12.8. The van der Waals surface area contributed by atoms with Crippen LogP contribution in [-0.4, -0.2) is 33.2 Å². The molecule has 0 unspecified atom stereocenters. The van der Waals surface area contributed by atoms with Gasteiger partial charge in [-0.1, -0.05) is 42.1 Å². The van der Waals surface area contributed by atoms with Crippen LogP contribution in [0.3, 0.4) is 0 Å². The van der Waals surface area contributed by atoms with Gasteiger partial charge in [-0.15, -0.1) is 0 Å². The number of thioether (sulfide) groups is 1. The highest BCUT2D eigenvalue weighted by molar-refractivity contribution is 8.00. The number of nitrogens with one attached hydrogen (secondary N) is 2. The number of amides is 1. The molecule has 3 aromatic rings.